The summed E-state index contributed by atoms with van der Waals surface area (Å²) in [5, 5.41) is 2.53. The van der Waals surface area contributed by atoms with Gasteiger partial charge in [-0.1, -0.05) is 12.1 Å². The zero-order valence-corrected chi connectivity index (χ0v) is 13.8. The van der Waals surface area contributed by atoms with Crippen LogP contribution in [0.4, 0.5) is 28.9 Å². The molecule has 0 bridgehead atoms. The molecule has 1 N–H and O–H groups in total. The molecule has 0 radical (unpaired) electrons. The predicted molar refractivity (Wildman–Crippen MR) is 88.6 cm³/mol. The van der Waals surface area contributed by atoms with Crippen LogP contribution in [0.3, 0.4) is 0 Å². The average molecular weight is 382 g/mol. The molecular weight excluding hydrogens is 368 g/mol. The lowest BCUT2D eigenvalue weighted by molar-refractivity contribution is -0.274. The van der Waals surface area contributed by atoms with Gasteiger partial charge in [-0.05, 0) is 36.4 Å². The number of nitrogens with one attached hydrogen (secondary N) is 1. The molecule has 2 aromatic rings. The van der Waals surface area contributed by atoms with Crippen molar-refractivity contribution in [1.29, 1.82) is 0 Å². The maximum atomic E-state index is 13.9. The van der Waals surface area contributed by atoms with E-state index in [4.69, 9.17) is 0 Å². The zero-order chi connectivity index (χ0) is 19.6. The molecule has 27 heavy (non-hydrogen) atoms. The molecule has 0 saturated carbocycles. The van der Waals surface area contributed by atoms with E-state index in [0.29, 0.717) is 0 Å². The summed E-state index contributed by atoms with van der Waals surface area (Å²) in [6.45, 7) is 0.0148. The molecule has 0 aliphatic carbocycles. The summed E-state index contributed by atoms with van der Waals surface area (Å²) in [7, 11) is 0. The van der Waals surface area contributed by atoms with Crippen LogP contribution in [0.2, 0.25) is 0 Å². The van der Waals surface area contributed by atoms with Crippen LogP contribution in [0.25, 0.3) is 0 Å². The van der Waals surface area contributed by atoms with Crippen molar-refractivity contribution in [3.63, 3.8) is 0 Å². The molecular formula is C18H14F4N2O3. The molecule has 1 atom stereocenters. The molecule has 9 heteroatoms. The second-order valence-electron chi connectivity index (χ2n) is 5.92. The smallest absolute Gasteiger partial charge is 0.406 e. The Hall–Kier alpha value is -3.10. The van der Waals surface area contributed by atoms with E-state index in [2.05, 4.69) is 10.1 Å². The van der Waals surface area contributed by atoms with Crippen LogP contribution in [-0.4, -0.2) is 24.7 Å². The van der Waals surface area contributed by atoms with Crippen LogP contribution < -0.4 is 15.0 Å². The van der Waals surface area contributed by atoms with Crippen LogP contribution in [0.1, 0.15) is 6.42 Å². The third-order valence-corrected chi connectivity index (χ3v) is 3.99. The third kappa shape index (κ3) is 4.55. The average Bonchev–Trinajstić information content (AvgIpc) is 2.97. The summed E-state index contributed by atoms with van der Waals surface area (Å²) in [5.74, 6) is -2.54. The van der Waals surface area contributed by atoms with Gasteiger partial charge in [-0.2, -0.15) is 0 Å². The van der Waals surface area contributed by atoms with Crippen molar-refractivity contribution < 1.29 is 31.9 Å². The van der Waals surface area contributed by atoms with Crippen LogP contribution in [0, 0.1) is 11.7 Å². The van der Waals surface area contributed by atoms with Gasteiger partial charge in [0.25, 0.3) is 0 Å². The van der Waals surface area contributed by atoms with Crippen LogP contribution >= 0.6 is 0 Å². The first-order valence-electron chi connectivity index (χ1n) is 7.94. The Morgan fingerprint density at radius 1 is 1.11 bits per heavy atom. The highest BCUT2D eigenvalue weighted by Crippen LogP contribution is 2.28. The molecule has 1 heterocycles. The van der Waals surface area contributed by atoms with Crippen molar-refractivity contribution in [2.75, 3.05) is 16.8 Å². The van der Waals surface area contributed by atoms with Crippen molar-refractivity contribution in [3.05, 3.63) is 54.3 Å². The number of para-hydroxylation sites is 1. The van der Waals surface area contributed by atoms with Gasteiger partial charge in [0.2, 0.25) is 11.8 Å². The number of carbonyl (C=O) groups excluding carboxylic acids is 2. The fourth-order valence-electron chi connectivity index (χ4n) is 2.77. The summed E-state index contributed by atoms with van der Waals surface area (Å²) in [4.78, 5) is 25.7. The normalized spacial score (nSPS) is 17.1. The van der Waals surface area contributed by atoms with Gasteiger partial charge in [-0.3, -0.25) is 9.59 Å². The lowest BCUT2D eigenvalue weighted by atomic mass is 10.1. The number of alkyl halides is 3. The van der Waals surface area contributed by atoms with Crippen LogP contribution in [-0.2, 0) is 9.59 Å². The monoisotopic (exact) mass is 382 g/mol. The first kappa shape index (κ1) is 18.7. The molecule has 3 rings (SSSR count). The minimum atomic E-state index is -4.80. The van der Waals surface area contributed by atoms with Gasteiger partial charge >= 0.3 is 6.36 Å². The maximum absolute atomic E-state index is 13.9. The minimum Gasteiger partial charge on any atom is -0.406 e. The highest BCUT2D eigenvalue weighted by atomic mass is 19.4. The summed E-state index contributed by atoms with van der Waals surface area (Å²) < 4.78 is 54.0. The fraction of sp³-hybridized carbons (Fsp3) is 0.222. The molecule has 142 valence electrons. The summed E-state index contributed by atoms with van der Waals surface area (Å²) >= 11 is 0. The van der Waals surface area contributed by atoms with Gasteiger partial charge < -0.3 is 15.0 Å². The Kier molecular flexibility index (Phi) is 5.02. The first-order chi connectivity index (χ1) is 12.7. The number of hydrogen-bond acceptors (Lipinski definition) is 3. The molecule has 0 aromatic heterocycles. The minimum absolute atomic E-state index is 0.0148. The predicted octanol–water partition coefficient (Wildman–Crippen LogP) is 3.72. The summed E-state index contributed by atoms with van der Waals surface area (Å²) in [6, 6.07) is 10.4. The first-order valence-corrected chi connectivity index (χ1v) is 7.94. The fourth-order valence-corrected chi connectivity index (χ4v) is 2.77. The number of amides is 2. The molecule has 1 saturated heterocycles. The highest BCUT2D eigenvalue weighted by Gasteiger charge is 2.36. The summed E-state index contributed by atoms with van der Waals surface area (Å²) in [6.07, 6.45) is -4.89. The Morgan fingerprint density at radius 2 is 1.78 bits per heavy atom. The van der Waals surface area contributed by atoms with Gasteiger partial charge in [-0.15, -0.1) is 13.2 Å². The van der Waals surface area contributed by atoms with E-state index < -0.39 is 29.8 Å². The van der Waals surface area contributed by atoms with Crippen molar-refractivity contribution in [3.8, 4) is 5.75 Å². The van der Waals surface area contributed by atoms with E-state index >= 15 is 0 Å². The van der Waals surface area contributed by atoms with Gasteiger partial charge in [0.1, 0.15) is 11.6 Å². The molecule has 5 nitrogen and oxygen atoms in total. The number of hydrogen-bond donors (Lipinski definition) is 1. The Morgan fingerprint density at radius 3 is 2.41 bits per heavy atom. The molecule has 1 aliphatic rings. The largest absolute Gasteiger partial charge is 0.573 e. The number of benzene rings is 2. The summed E-state index contributed by atoms with van der Waals surface area (Å²) in [5.41, 5.74) is 0.359. The number of ether oxygens (including phenoxy) is 1. The van der Waals surface area contributed by atoms with Gasteiger partial charge in [0.05, 0.1) is 11.6 Å². The highest BCUT2D eigenvalue weighted by molar-refractivity contribution is 6.03. The van der Waals surface area contributed by atoms with Gasteiger partial charge in [0, 0.05) is 18.7 Å². The SMILES string of the molecule is O=C(Nc1ccc(OC(F)(F)F)cc1)[C@@H]1CC(=O)N(c2ccccc2F)C1. The van der Waals surface area contributed by atoms with Crippen molar-refractivity contribution >= 4 is 23.2 Å². The zero-order valence-electron chi connectivity index (χ0n) is 13.8. The van der Waals surface area contributed by atoms with Crippen molar-refractivity contribution in [2.45, 2.75) is 12.8 Å². The van der Waals surface area contributed by atoms with Crippen molar-refractivity contribution in [2.24, 2.45) is 5.92 Å². The molecule has 0 unspecified atom stereocenters. The van der Waals surface area contributed by atoms with Crippen molar-refractivity contribution in [1.82, 2.24) is 0 Å². The second-order valence-corrected chi connectivity index (χ2v) is 5.92. The lowest BCUT2D eigenvalue weighted by Gasteiger charge is -2.17. The van der Waals surface area contributed by atoms with E-state index in [9.17, 15) is 27.2 Å². The quantitative estimate of drug-likeness (QED) is 0.820. The Bertz CT molecular complexity index is 852. The molecule has 2 aromatic carbocycles. The van der Waals surface area contributed by atoms with Crippen LogP contribution in [0.5, 0.6) is 5.75 Å². The topological polar surface area (TPSA) is 58.6 Å². The standard InChI is InChI=1S/C18H14F4N2O3/c19-14-3-1-2-4-15(14)24-10-11(9-16(24)25)17(26)23-12-5-7-13(8-6-12)27-18(20,21)22/h1-8,11H,9-10H2,(H,23,26)/t11-/m1/s1. The van der Waals surface area contributed by atoms with E-state index in [-0.39, 0.29) is 30.2 Å². The van der Waals surface area contributed by atoms with Gasteiger partial charge in [0.15, 0.2) is 0 Å². The van der Waals surface area contributed by atoms with E-state index in [0.717, 1.165) is 12.1 Å². The third-order valence-electron chi connectivity index (χ3n) is 3.99. The van der Waals surface area contributed by atoms with E-state index in [1.54, 1.807) is 6.07 Å². The number of carbonyl (C=O) groups is 2. The van der Waals surface area contributed by atoms with Crippen LogP contribution in [0.15, 0.2) is 48.5 Å². The maximum Gasteiger partial charge on any atom is 0.573 e. The van der Waals surface area contributed by atoms with E-state index in [1.165, 1.54) is 35.2 Å². The number of anilines is 2. The van der Waals surface area contributed by atoms with E-state index in [1.807, 2.05) is 0 Å². The number of halogens is 4. The number of rotatable bonds is 4. The molecule has 2 amide bonds. The Balaban J connectivity index is 1.64. The number of nitrogens with zero attached hydrogens (tertiary/aromatic N) is 1. The second kappa shape index (κ2) is 7.26. The molecule has 0 spiro atoms. The molecule has 1 fully saturated rings. The van der Waals surface area contributed by atoms with Gasteiger partial charge in [-0.25, -0.2) is 4.39 Å². The molecule has 1 aliphatic heterocycles. The lowest BCUT2D eigenvalue weighted by Crippen LogP contribution is -2.28. The Labute approximate surface area is 151 Å².